The summed E-state index contributed by atoms with van der Waals surface area (Å²) in [6.45, 7) is 4.32. The lowest BCUT2D eigenvalue weighted by Gasteiger charge is -2.12. The standard InChI is InChI=1S/C14H21N3O2S.HI/c1-4-8-20-9-7-16-14(15)17-12-10-11(18-2)5-6-13(12)19-3;/h4-6,10H,1,7-9H2,2-3H3,(H3,15,16,17);1H. The van der Waals surface area contributed by atoms with Crippen LogP contribution in [0.4, 0.5) is 5.69 Å². The van der Waals surface area contributed by atoms with Gasteiger partial charge in [-0.15, -0.1) is 30.6 Å². The van der Waals surface area contributed by atoms with Gasteiger partial charge < -0.3 is 20.5 Å². The van der Waals surface area contributed by atoms with E-state index >= 15 is 0 Å². The third kappa shape index (κ3) is 7.47. The number of rotatable bonds is 8. The van der Waals surface area contributed by atoms with Crippen molar-refractivity contribution >= 4 is 47.4 Å². The summed E-state index contributed by atoms with van der Waals surface area (Å²) in [6.07, 6.45) is 1.87. The molecule has 0 radical (unpaired) electrons. The molecule has 3 N–H and O–H groups in total. The molecule has 1 rings (SSSR count). The number of ether oxygens (including phenoxy) is 2. The van der Waals surface area contributed by atoms with Gasteiger partial charge in [-0.25, -0.2) is 0 Å². The molecule has 0 fully saturated rings. The van der Waals surface area contributed by atoms with Gasteiger partial charge in [0.25, 0.3) is 0 Å². The summed E-state index contributed by atoms with van der Waals surface area (Å²) in [6, 6.07) is 5.45. The SMILES string of the molecule is C=CCSCCN=C(N)Nc1cc(OC)ccc1OC.I. The highest BCUT2D eigenvalue weighted by Crippen LogP contribution is 2.28. The van der Waals surface area contributed by atoms with Gasteiger partial charge in [0.1, 0.15) is 11.5 Å². The first-order valence-electron chi connectivity index (χ1n) is 6.19. The van der Waals surface area contributed by atoms with Crippen LogP contribution in [-0.2, 0) is 0 Å². The summed E-state index contributed by atoms with van der Waals surface area (Å²) in [5.74, 6) is 3.60. The average molecular weight is 423 g/mol. The van der Waals surface area contributed by atoms with Crippen LogP contribution < -0.4 is 20.5 Å². The molecule has 0 spiro atoms. The second-order valence-electron chi connectivity index (χ2n) is 3.82. The first-order valence-corrected chi connectivity index (χ1v) is 7.34. The lowest BCUT2D eigenvalue weighted by Crippen LogP contribution is -2.23. The molecule has 0 amide bonds. The van der Waals surface area contributed by atoms with E-state index in [0.717, 1.165) is 22.9 Å². The predicted molar refractivity (Wildman–Crippen MR) is 103 cm³/mol. The van der Waals surface area contributed by atoms with Gasteiger partial charge in [0.05, 0.1) is 26.5 Å². The van der Waals surface area contributed by atoms with E-state index < -0.39 is 0 Å². The molecule has 0 aromatic heterocycles. The second kappa shape index (κ2) is 11.6. The number of benzene rings is 1. The Hall–Kier alpha value is -1.09. The smallest absolute Gasteiger partial charge is 0.193 e. The highest BCUT2D eigenvalue weighted by Gasteiger charge is 2.05. The Balaban J connectivity index is 0.00000400. The van der Waals surface area contributed by atoms with Crippen molar-refractivity contribution in [1.82, 2.24) is 0 Å². The van der Waals surface area contributed by atoms with Crippen LogP contribution in [0.3, 0.4) is 0 Å². The minimum absolute atomic E-state index is 0. The Kier molecular flexibility index (Phi) is 11.0. The maximum Gasteiger partial charge on any atom is 0.193 e. The largest absolute Gasteiger partial charge is 0.497 e. The van der Waals surface area contributed by atoms with Crippen molar-refractivity contribution in [2.45, 2.75) is 0 Å². The first-order chi connectivity index (χ1) is 9.71. The molecule has 0 aliphatic heterocycles. The molecule has 7 heteroatoms. The van der Waals surface area contributed by atoms with Crippen molar-refractivity contribution in [1.29, 1.82) is 0 Å². The van der Waals surface area contributed by atoms with Gasteiger partial charge in [-0.1, -0.05) is 6.08 Å². The molecule has 0 heterocycles. The molecule has 0 saturated heterocycles. The molecule has 0 unspecified atom stereocenters. The molecular weight excluding hydrogens is 401 g/mol. The Morgan fingerprint density at radius 1 is 1.43 bits per heavy atom. The summed E-state index contributed by atoms with van der Waals surface area (Å²) in [7, 11) is 3.21. The third-order valence-electron chi connectivity index (χ3n) is 2.42. The molecular formula is C14H22IN3O2S. The fraction of sp³-hybridized carbons (Fsp3) is 0.357. The van der Waals surface area contributed by atoms with Crippen molar-refractivity contribution in [3.63, 3.8) is 0 Å². The van der Waals surface area contributed by atoms with Crippen LogP contribution in [0.5, 0.6) is 11.5 Å². The number of methoxy groups -OCH3 is 2. The fourth-order valence-corrected chi connectivity index (χ4v) is 2.04. The maximum absolute atomic E-state index is 5.85. The number of halogens is 1. The average Bonchev–Trinajstić information content (AvgIpc) is 2.47. The second-order valence-corrected chi connectivity index (χ2v) is 4.97. The van der Waals surface area contributed by atoms with E-state index in [0.29, 0.717) is 18.3 Å². The normalized spacial score (nSPS) is 10.5. The Morgan fingerprint density at radius 3 is 2.81 bits per heavy atom. The zero-order valence-electron chi connectivity index (χ0n) is 12.3. The number of hydrogen-bond donors (Lipinski definition) is 2. The van der Waals surface area contributed by atoms with Gasteiger partial charge in [-0.2, -0.15) is 11.8 Å². The molecule has 0 saturated carbocycles. The summed E-state index contributed by atoms with van der Waals surface area (Å²) in [5.41, 5.74) is 6.58. The van der Waals surface area contributed by atoms with Crippen LogP contribution in [0.1, 0.15) is 0 Å². The maximum atomic E-state index is 5.85. The van der Waals surface area contributed by atoms with E-state index in [1.54, 1.807) is 26.0 Å². The quantitative estimate of drug-likeness (QED) is 0.221. The molecule has 1 aromatic carbocycles. The van der Waals surface area contributed by atoms with E-state index in [1.807, 2.05) is 24.3 Å². The van der Waals surface area contributed by atoms with Crippen molar-refractivity contribution in [3.05, 3.63) is 30.9 Å². The summed E-state index contributed by atoms with van der Waals surface area (Å²) in [5, 5.41) is 3.02. The molecule has 0 atom stereocenters. The van der Waals surface area contributed by atoms with Crippen molar-refractivity contribution < 1.29 is 9.47 Å². The molecule has 0 aliphatic carbocycles. The van der Waals surface area contributed by atoms with Crippen LogP contribution in [0.15, 0.2) is 35.8 Å². The lowest BCUT2D eigenvalue weighted by molar-refractivity contribution is 0.405. The van der Waals surface area contributed by atoms with E-state index in [9.17, 15) is 0 Å². The number of guanidine groups is 1. The monoisotopic (exact) mass is 423 g/mol. The van der Waals surface area contributed by atoms with Crippen molar-refractivity contribution in [3.8, 4) is 11.5 Å². The molecule has 0 aliphatic rings. The van der Waals surface area contributed by atoms with Gasteiger partial charge in [0.15, 0.2) is 5.96 Å². The number of aliphatic imine (C=N–C) groups is 1. The number of nitrogens with two attached hydrogens (primary N) is 1. The number of hydrogen-bond acceptors (Lipinski definition) is 4. The van der Waals surface area contributed by atoms with Crippen LogP contribution in [-0.4, -0.2) is 38.2 Å². The summed E-state index contributed by atoms with van der Waals surface area (Å²) in [4.78, 5) is 4.25. The number of nitrogens with one attached hydrogen (secondary N) is 1. The van der Waals surface area contributed by atoms with Gasteiger partial charge in [0.2, 0.25) is 0 Å². The van der Waals surface area contributed by atoms with Gasteiger partial charge in [-0.05, 0) is 12.1 Å². The van der Waals surface area contributed by atoms with Crippen molar-refractivity contribution in [2.24, 2.45) is 10.7 Å². The van der Waals surface area contributed by atoms with Crippen LogP contribution in [0.25, 0.3) is 0 Å². The highest BCUT2D eigenvalue weighted by atomic mass is 127. The Labute approximate surface area is 147 Å². The molecule has 118 valence electrons. The molecule has 5 nitrogen and oxygen atoms in total. The summed E-state index contributed by atoms with van der Waals surface area (Å²) < 4.78 is 10.4. The molecule has 1 aromatic rings. The zero-order chi connectivity index (χ0) is 14.8. The summed E-state index contributed by atoms with van der Waals surface area (Å²) >= 11 is 1.76. The zero-order valence-corrected chi connectivity index (χ0v) is 15.4. The predicted octanol–water partition coefficient (Wildman–Crippen LogP) is 2.97. The van der Waals surface area contributed by atoms with Crippen molar-refractivity contribution in [2.75, 3.05) is 37.6 Å². The minimum Gasteiger partial charge on any atom is -0.497 e. The number of anilines is 1. The van der Waals surface area contributed by atoms with E-state index in [4.69, 9.17) is 15.2 Å². The van der Waals surface area contributed by atoms with Gasteiger partial charge in [0, 0.05) is 17.6 Å². The van der Waals surface area contributed by atoms with Gasteiger partial charge >= 0.3 is 0 Å². The third-order valence-corrected chi connectivity index (χ3v) is 3.37. The minimum atomic E-state index is 0. The number of nitrogens with zero attached hydrogens (tertiary/aromatic N) is 1. The molecule has 0 bridgehead atoms. The Bertz CT molecular complexity index is 470. The molecule has 21 heavy (non-hydrogen) atoms. The topological polar surface area (TPSA) is 68.9 Å². The van der Waals surface area contributed by atoms with E-state index in [1.165, 1.54) is 0 Å². The van der Waals surface area contributed by atoms with Crippen LogP contribution >= 0.6 is 35.7 Å². The highest BCUT2D eigenvalue weighted by molar-refractivity contribution is 14.0. The van der Waals surface area contributed by atoms with Crippen LogP contribution in [0, 0.1) is 0 Å². The van der Waals surface area contributed by atoms with E-state index in [-0.39, 0.29) is 24.0 Å². The van der Waals surface area contributed by atoms with Gasteiger partial charge in [-0.3, -0.25) is 4.99 Å². The lowest BCUT2D eigenvalue weighted by atomic mass is 10.2. The fourth-order valence-electron chi connectivity index (χ4n) is 1.49. The van der Waals surface area contributed by atoms with Crippen LogP contribution in [0.2, 0.25) is 0 Å². The van der Waals surface area contributed by atoms with E-state index in [2.05, 4.69) is 16.9 Å². The Morgan fingerprint density at radius 2 is 2.19 bits per heavy atom. The number of thioether (sulfide) groups is 1. The first kappa shape index (κ1) is 19.9.